The molecule has 1 aliphatic rings. The first-order valence-electron chi connectivity index (χ1n) is 6.86. The summed E-state index contributed by atoms with van der Waals surface area (Å²) < 4.78 is 16.9. The van der Waals surface area contributed by atoms with Gasteiger partial charge in [-0.2, -0.15) is 4.98 Å². The number of nitrogens with two attached hydrogens (primary N) is 1. The third-order valence-corrected chi connectivity index (χ3v) is 3.02. The summed E-state index contributed by atoms with van der Waals surface area (Å²) >= 11 is 0. The van der Waals surface area contributed by atoms with Gasteiger partial charge in [-0.3, -0.25) is 14.2 Å². The molecule has 0 saturated heterocycles. The highest BCUT2D eigenvalue weighted by molar-refractivity contribution is 5.66. The Morgan fingerprint density at radius 3 is 2.70 bits per heavy atom. The van der Waals surface area contributed by atoms with Gasteiger partial charge in [-0.05, 0) is 18.2 Å². The van der Waals surface area contributed by atoms with Crippen LogP contribution in [0.5, 0.6) is 0 Å². The van der Waals surface area contributed by atoms with Gasteiger partial charge in [0, 0.05) is 20.0 Å². The minimum absolute atomic E-state index is 0.0975. The normalized spacial score (nSPS) is 23.3. The Kier molecular flexibility index (Phi) is 5.12. The summed E-state index contributed by atoms with van der Waals surface area (Å²) in [7, 11) is 0. The number of aromatic nitrogens is 2. The predicted octanol–water partition coefficient (Wildman–Crippen LogP) is -0.226. The van der Waals surface area contributed by atoms with Crippen molar-refractivity contribution in [3.8, 4) is 0 Å². The van der Waals surface area contributed by atoms with E-state index in [9.17, 15) is 14.4 Å². The largest absolute Gasteiger partial charge is 0.463 e. The first-order valence-corrected chi connectivity index (χ1v) is 6.86. The number of rotatable bonds is 4. The van der Waals surface area contributed by atoms with Crippen LogP contribution in [-0.2, 0) is 23.8 Å². The highest BCUT2D eigenvalue weighted by atomic mass is 16.6. The maximum Gasteiger partial charge on any atom is 0.351 e. The molecule has 2 heterocycles. The maximum absolute atomic E-state index is 11.9. The third kappa shape index (κ3) is 4.39. The zero-order valence-corrected chi connectivity index (χ0v) is 12.7. The summed E-state index contributed by atoms with van der Waals surface area (Å²) in [5, 5.41) is 0. The van der Waals surface area contributed by atoms with Crippen LogP contribution in [0.15, 0.2) is 29.2 Å². The minimum atomic E-state index is -0.775. The van der Waals surface area contributed by atoms with Crippen LogP contribution in [0.1, 0.15) is 20.1 Å². The summed E-state index contributed by atoms with van der Waals surface area (Å²) in [6.45, 7) is 2.40. The molecule has 0 radical (unpaired) electrons. The molecular weight excluding hydrogens is 306 g/mol. The lowest BCUT2D eigenvalue weighted by molar-refractivity contribution is -0.168. The van der Waals surface area contributed by atoms with Crippen LogP contribution in [0.3, 0.4) is 0 Å². The smallest absolute Gasteiger partial charge is 0.351 e. The van der Waals surface area contributed by atoms with Crippen LogP contribution in [-0.4, -0.2) is 40.3 Å². The molecule has 9 heteroatoms. The summed E-state index contributed by atoms with van der Waals surface area (Å²) in [6, 6.07) is 1.46. The SMILES string of the molecule is CC(=O)OC[C@H]1O[C@H](n2ccc(N)nc2=O)C=C[C@@H]1OC(C)=O. The molecule has 0 amide bonds. The van der Waals surface area contributed by atoms with Gasteiger partial charge in [-0.1, -0.05) is 0 Å². The zero-order chi connectivity index (χ0) is 17.0. The van der Waals surface area contributed by atoms with E-state index < -0.39 is 36.1 Å². The molecule has 0 unspecified atom stereocenters. The number of ether oxygens (including phenoxy) is 3. The van der Waals surface area contributed by atoms with Gasteiger partial charge in [0.05, 0.1) is 0 Å². The van der Waals surface area contributed by atoms with Crippen molar-refractivity contribution in [3.63, 3.8) is 0 Å². The van der Waals surface area contributed by atoms with Gasteiger partial charge in [0.15, 0.2) is 6.23 Å². The van der Waals surface area contributed by atoms with Crippen molar-refractivity contribution < 1.29 is 23.8 Å². The summed E-state index contributed by atoms with van der Waals surface area (Å²) in [6.07, 6.45) is 2.32. The molecule has 124 valence electrons. The highest BCUT2D eigenvalue weighted by Crippen LogP contribution is 2.22. The van der Waals surface area contributed by atoms with Crippen molar-refractivity contribution in [1.29, 1.82) is 0 Å². The van der Waals surface area contributed by atoms with Crippen LogP contribution in [0, 0.1) is 0 Å². The number of esters is 2. The second-order valence-corrected chi connectivity index (χ2v) is 4.87. The van der Waals surface area contributed by atoms with Crippen molar-refractivity contribution in [2.45, 2.75) is 32.3 Å². The molecule has 0 aromatic carbocycles. The molecule has 1 aliphatic heterocycles. The molecule has 0 spiro atoms. The summed E-state index contributed by atoms with van der Waals surface area (Å²) in [5.74, 6) is -0.895. The Bertz CT molecular complexity index is 683. The van der Waals surface area contributed by atoms with Gasteiger partial charge in [-0.25, -0.2) is 4.79 Å². The first kappa shape index (κ1) is 16.7. The molecule has 23 heavy (non-hydrogen) atoms. The standard InChI is InChI=1S/C14H17N3O6/c1-8(18)21-7-11-10(22-9(2)19)3-4-13(23-11)17-6-5-12(15)16-14(17)20/h3-6,10-11,13H,7H2,1-2H3,(H2,15,16,20)/t10-,11+,13-/m0/s1. The van der Waals surface area contributed by atoms with E-state index in [1.165, 1.54) is 30.7 Å². The van der Waals surface area contributed by atoms with E-state index in [0.717, 1.165) is 0 Å². The van der Waals surface area contributed by atoms with Crippen LogP contribution in [0.25, 0.3) is 0 Å². The van der Waals surface area contributed by atoms with E-state index in [-0.39, 0.29) is 12.4 Å². The number of carbonyl (C=O) groups excluding carboxylic acids is 2. The number of hydrogen-bond donors (Lipinski definition) is 1. The minimum Gasteiger partial charge on any atom is -0.463 e. The Balaban J connectivity index is 2.22. The van der Waals surface area contributed by atoms with Crippen molar-refractivity contribution in [2.24, 2.45) is 0 Å². The van der Waals surface area contributed by atoms with Gasteiger partial charge < -0.3 is 19.9 Å². The lowest BCUT2D eigenvalue weighted by Crippen LogP contribution is -2.42. The van der Waals surface area contributed by atoms with E-state index in [1.807, 2.05) is 0 Å². The van der Waals surface area contributed by atoms with Crippen LogP contribution in [0.2, 0.25) is 0 Å². The predicted molar refractivity (Wildman–Crippen MR) is 78.1 cm³/mol. The molecule has 1 aromatic rings. The van der Waals surface area contributed by atoms with Crippen LogP contribution < -0.4 is 11.4 Å². The van der Waals surface area contributed by atoms with E-state index in [2.05, 4.69) is 4.98 Å². The van der Waals surface area contributed by atoms with Crippen molar-refractivity contribution in [1.82, 2.24) is 9.55 Å². The Hall–Kier alpha value is -2.68. The lowest BCUT2D eigenvalue weighted by Gasteiger charge is -2.31. The average molecular weight is 323 g/mol. The van der Waals surface area contributed by atoms with Crippen molar-refractivity contribution in [3.05, 3.63) is 34.9 Å². The molecule has 0 bridgehead atoms. The number of anilines is 1. The van der Waals surface area contributed by atoms with E-state index in [4.69, 9.17) is 19.9 Å². The Labute approximate surface area is 131 Å². The van der Waals surface area contributed by atoms with Crippen molar-refractivity contribution >= 4 is 17.8 Å². The first-order chi connectivity index (χ1) is 10.9. The van der Waals surface area contributed by atoms with Gasteiger partial charge >= 0.3 is 17.6 Å². The van der Waals surface area contributed by atoms with Crippen LogP contribution in [0.4, 0.5) is 5.82 Å². The van der Waals surface area contributed by atoms with Gasteiger partial charge in [0.2, 0.25) is 0 Å². The number of carbonyl (C=O) groups is 2. The fourth-order valence-corrected chi connectivity index (χ4v) is 2.05. The average Bonchev–Trinajstić information content (AvgIpc) is 2.46. The van der Waals surface area contributed by atoms with E-state index in [0.29, 0.717) is 0 Å². The number of nitrogens with zero attached hydrogens (tertiary/aromatic N) is 2. The second-order valence-electron chi connectivity index (χ2n) is 4.87. The molecule has 9 nitrogen and oxygen atoms in total. The van der Waals surface area contributed by atoms with E-state index >= 15 is 0 Å². The third-order valence-electron chi connectivity index (χ3n) is 3.02. The fraction of sp³-hybridized carbons (Fsp3) is 0.429. The second kappa shape index (κ2) is 7.05. The molecule has 0 aliphatic carbocycles. The monoisotopic (exact) mass is 323 g/mol. The van der Waals surface area contributed by atoms with Gasteiger partial charge in [-0.15, -0.1) is 0 Å². The summed E-state index contributed by atoms with van der Waals surface area (Å²) in [5.41, 5.74) is 4.86. The van der Waals surface area contributed by atoms with Gasteiger partial charge in [0.25, 0.3) is 0 Å². The van der Waals surface area contributed by atoms with Crippen molar-refractivity contribution in [2.75, 3.05) is 12.3 Å². The van der Waals surface area contributed by atoms with Gasteiger partial charge in [0.1, 0.15) is 24.6 Å². The fourth-order valence-electron chi connectivity index (χ4n) is 2.05. The Morgan fingerprint density at radius 1 is 1.35 bits per heavy atom. The molecular formula is C14H17N3O6. The highest BCUT2D eigenvalue weighted by Gasteiger charge is 2.31. The van der Waals surface area contributed by atoms with E-state index in [1.54, 1.807) is 12.2 Å². The van der Waals surface area contributed by atoms with Crippen LogP contribution >= 0.6 is 0 Å². The molecule has 3 atom stereocenters. The number of hydrogen-bond acceptors (Lipinski definition) is 8. The quantitative estimate of drug-likeness (QED) is 0.595. The summed E-state index contributed by atoms with van der Waals surface area (Å²) in [4.78, 5) is 37.6. The maximum atomic E-state index is 11.9. The molecule has 0 saturated carbocycles. The molecule has 2 N–H and O–H groups in total. The zero-order valence-electron chi connectivity index (χ0n) is 12.7. The lowest BCUT2D eigenvalue weighted by atomic mass is 10.1. The topological polar surface area (TPSA) is 123 Å². The number of nitrogen functional groups attached to an aromatic ring is 1. The molecule has 0 fully saturated rings. The molecule has 2 rings (SSSR count). The molecule has 1 aromatic heterocycles. The Morgan fingerprint density at radius 2 is 2.09 bits per heavy atom.